The molecule has 0 bridgehead atoms. The fourth-order valence-electron chi connectivity index (χ4n) is 2.15. The zero-order valence-electron chi connectivity index (χ0n) is 11.4. The van der Waals surface area contributed by atoms with Crippen molar-refractivity contribution in [2.75, 3.05) is 6.54 Å². The van der Waals surface area contributed by atoms with Crippen molar-refractivity contribution in [2.24, 2.45) is 0 Å². The molecule has 0 aromatic carbocycles. The van der Waals surface area contributed by atoms with E-state index in [0.29, 0.717) is 19.0 Å². The molecule has 4 heteroatoms. The monoisotopic (exact) mass is 243 g/mol. The lowest BCUT2D eigenvalue weighted by molar-refractivity contribution is -0.159. The predicted octanol–water partition coefficient (Wildman–Crippen LogP) is 1.87. The number of esters is 1. The Labute approximate surface area is 104 Å². The number of nitrogens with one attached hydrogen (secondary N) is 1. The van der Waals surface area contributed by atoms with Gasteiger partial charge in [-0.25, -0.2) is 0 Å². The zero-order valence-corrected chi connectivity index (χ0v) is 11.4. The topological polar surface area (TPSA) is 47.6 Å². The van der Waals surface area contributed by atoms with Gasteiger partial charge in [-0.3, -0.25) is 4.79 Å². The van der Waals surface area contributed by atoms with E-state index in [1.807, 2.05) is 13.8 Å². The maximum atomic E-state index is 11.6. The molecule has 1 aliphatic heterocycles. The molecule has 1 saturated heterocycles. The third kappa shape index (κ3) is 6.03. The van der Waals surface area contributed by atoms with Gasteiger partial charge in [0.05, 0.1) is 18.6 Å². The molecule has 1 heterocycles. The second kappa shape index (κ2) is 6.97. The zero-order chi connectivity index (χ0) is 12.8. The van der Waals surface area contributed by atoms with Crippen molar-refractivity contribution in [3.63, 3.8) is 0 Å². The quantitative estimate of drug-likeness (QED) is 0.749. The van der Waals surface area contributed by atoms with E-state index in [0.717, 1.165) is 12.8 Å². The smallest absolute Gasteiger partial charge is 0.307 e. The molecule has 0 spiro atoms. The summed E-state index contributed by atoms with van der Waals surface area (Å²) in [4.78, 5) is 11.6. The Bertz CT molecular complexity index is 233. The van der Waals surface area contributed by atoms with Crippen LogP contribution in [0.5, 0.6) is 0 Å². The highest BCUT2D eigenvalue weighted by atomic mass is 16.6. The molecule has 0 aromatic heterocycles. The normalized spacial score (nSPS) is 29.4. The summed E-state index contributed by atoms with van der Waals surface area (Å²) in [6, 6.07) is 0.408. The summed E-state index contributed by atoms with van der Waals surface area (Å²) < 4.78 is 11.1. The van der Waals surface area contributed by atoms with Gasteiger partial charge in [-0.15, -0.1) is 0 Å². The van der Waals surface area contributed by atoms with Crippen LogP contribution in [0.2, 0.25) is 0 Å². The lowest BCUT2D eigenvalue weighted by Gasteiger charge is -2.31. The molecule has 17 heavy (non-hydrogen) atoms. The highest BCUT2D eigenvalue weighted by Crippen LogP contribution is 2.21. The molecule has 1 rings (SSSR count). The van der Waals surface area contributed by atoms with Crippen LogP contribution < -0.4 is 5.32 Å². The van der Waals surface area contributed by atoms with Gasteiger partial charge in [0.2, 0.25) is 0 Å². The van der Waals surface area contributed by atoms with E-state index < -0.39 is 0 Å². The fraction of sp³-hybridized carbons (Fsp3) is 0.923. The van der Waals surface area contributed by atoms with Crippen LogP contribution in [0.4, 0.5) is 0 Å². The van der Waals surface area contributed by atoms with Crippen molar-refractivity contribution in [3.8, 4) is 0 Å². The van der Waals surface area contributed by atoms with E-state index in [1.54, 1.807) is 0 Å². The number of carbonyl (C=O) groups is 1. The molecule has 0 aliphatic carbocycles. The standard InChI is InChI=1S/C13H25NO3/c1-9(2)14-6-5-13(15)17-12-7-10(3)16-11(4)8-12/h9-12,14H,5-8H2,1-4H3. The van der Waals surface area contributed by atoms with Crippen LogP contribution in [0, 0.1) is 0 Å². The maximum absolute atomic E-state index is 11.6. The molecule has 0 amide bonds. The minimum absolute atomic E-state index is 0.0281. The number of hydrogen-bond donors (Lipinski definition) is 1. The Morgan fingerprint density at radius 3 is 2.47 bits per heavy atom. The number of hydrogen-bond acceptors (Lipinski definition) is 4. The largest absolute Gasteiger partial charge is 0.462 e. The SMILES string of the molecule is CC(C)NCCC(=O)OC1CC(C)OC(C)C1. The highest BCUT2D eigenvalue weighted by molar-refractivity contribution is 5.69. The van der Waals surface area contributed by atoms with Gasteiger partial charge in [0, 0.05) is 25.4 Å². The molecule has 4 nitrogen and oxygen atoms in total. The first kappa shape index (κ1) is 14.5. The Hall–Kier alpha value is -0.610. The van der Waals surface area contributed by atoms with Crippen LogP contribution in [0.1, 0.15) is 47.0 Å². The van der Waals surface area contributed by atoms with Crippen LogP contribution in [-0.4, -0.2) is 36.9 Å². The van der Waals surface area contributed by atoms with Gasteiger partial charge in [-0.1, -0.05) is 13.8 Å². The first-order valence-corrected chi connectivity index (χ1v) is 6.55. The highest BCUT2D eigenvalue weighted by Gasteiger charge is 2.26. The van der Waals surface area contributed by atoms with Crippen molar-refractivity contribution in [2.45, 2.75) is 71.3 Å². The molecule has 0 saturated carbocycles. The van der Waals surface area contributed by atoms with Crippen molar-refractivity contribution in [1.29, 1.82) is 0 Å². The van der Waals surface area contributed by atoms with E-state index in [4.69, 9.17) is 9.47 Å². The third-order valence-corrected chi connectivity index (χ3v) is 2.83. The average Bonchev–Trinajstić information content (AvgIpc) is 2.14. The van der Waals surface area contributed by atoms with Crippen LogP contribution in [0.25, 0.3) is 0 Å². The van der Waals surface area contributed by atoms with E-state index >= 15 is 0 Å². The molecule has 100 valence electrons. The summed E-state index contributed by atoms with van der Waals surface area (Å²) in [5.41, 5.74) is 0. The van der Waals surface area contributed by atoms with Gasteiger partial charge in [-0.2, -0.15) is 0 Å². The second-order valence-corrected chi connectivity index (χ2v) is 5.20. The van der Waals surface area contributed by atoms with Crippen molar-refractivity contribution in [3.05, 3.63) is 0 Å². The van der Waals surface area contributed by atoms with Gasteiger partial charge >= 0.3 is 5.97 Å². The van der Waals surface area contributed by atoms with Crippen molar-refractivity contribution < 1.29 is 14.3 Å². The third-order valence-electron chi connectivity index (χ3n) is 2.83. The first-order valence-electron chi connectivity index (χ1n) is 6.55. The van der Waals surface area contributed by atoms with Gasteiger partial charge in [0.1, 0.15) is 6.10 Å². The predicted molar refractivity (Wildman–Crippen MR) is 66.9 cm³/mol. The van der Waals surface area contributed by atoms with Gasteiger partial charge < -0.3 is 14.8 Å². The summed E-state index contributed by atoms with van der Waals surface area (Å²) in [6.45, 7) is 8.86. The summed E-state index contributed by atoms with van der Waals surface area (Å²) in [7, 11) is 0. The Balaban J connectivity index is 2.21. The van der Waals surface area contributed by atoms with Crippen molar-refractivity contribution in [1.82, 2.24) is 5.32 Å². The average molecular weight is 243 g/mol. The molecule has 0 radical (unpaired) electrons. The lowest BCUT2D eigenvalue weighted by atomic mass is 10.0. The number of rotatable bonds is 5. The van der Waals surface area contributed by atoms with Crippen LogP contribution in [-0.2, 0) is 14.3 Å². The molecule has 2 atom stereocenters. The van der Waals surface area contributed by atoms with E-state index in [-0.39, 0.29) is 24.3 Å². The summed E-state index contributed by atoms with van der Waals surface area (Å²) in [5.74, 6) is -0.107. The molecular formula is C13H25NO3. The summed E-state index contributed by atoms with van der Waals surface area (Å²) in [5, 5.41) is 3.21. The Morgan fingerprint density at radius 2 is 1.94 bits per heavy atom. The van der Waals surface area contributed by atoms with E-state index in [2.05, 4.69) is 19.2 Å². The second-order valence-electron chi connectivity index (χ2n) is 5.20. The molecular weight excluding hydrogens is 218 g/mol. The molecule has 1 N–H and O–H groups in total. The molecule has 1 aliphatic rings. The lowest BCUT2D eigenvalue weighted by Crippen LogP contribution is -2.36. The van der Waals surface area contributed by atoms with Crippen LogP contribution in [0.3, 0.4) is 0 Å². The fourth-order valence-corrected chi connectivity index (χ4v) is 2.15. The van der Waals surface area contributed by atoms with Gasteiger partial charge in [0.25, 0.3) is 0 Å². The Kier molecular flexibility index (Phi) is 5.92. The summed E-state index contributed by atoms with van der Waals surface area (Å²) in [6.07, 6.45) is 2.47. The molecule has 2 unspecified atom stereocenters. The molecule has 0 aromatic rings. The van der Waals surface area contributed by atoms with Crippen LogP contribution in [0.15, 0.2) is 0 Å². The van der Waals surface area contributed by atoms with Crippen LogP contribution >= 0.6 is 0 Å². The minimum Gasteiger partial charge on any atom is -0.462 e. The van der Waals surface area contributed by atoms with E-state index in [1.165, 1.54) is 0 Å². The van der Waals surface area contributed by atoms with Gasteiger partial charge in [0.15, 0.2) is 0 Å². The van der Waals surface area contributed by atoms with Crippen molar-refractivity contribution >= 4 is 5.97 Å². The van der Waals surface area contributed by atoms with E-state index in [9.17, 15) is 4.79 Å². The summed E-state index contributed by atoms with van der Waals surface area (Å²) >= 11 is 0. The number of ether oxygens (including phenoxy) is 2. The first-order chi connectivity index (χ1) is 7.97. The molecule has 1 fully saturated rings. The minimum atomic E-state index is -0.107. The Morgan fingerprint density at radius 1 is 1.35 bits per heavy atom. The van der Waals surface area contributed by atoms with Gasteiger partial charge in [-0.05, 0) is 13.8 Å². The number of carbonyl (C=O) groups excluding carboxylic acids is 1. The maximum Gasteiger partial charge on any atom is 0.307 e.